The van der Waals surface area contributed by atoms with Crippen LogP contribution in [0.4, 0.5) is 0 Å². The van der Waals surface area contributed by atoms with Gasteiger partial charge in [-0.3, -0.25) is 9.80 Å². The number of aromatic nitrogens is 1. The van der Waals surface area contributed by atoms with Gasteiger partial charge in [0, 0.05) is 18.0 Å². The molecule has 0 unspecified atom stereocenters. The maximum absolute atomic E-state index is 4.39. The third kappa shape index (κ3) is 5.40. The molecule has 0 amide bonds. The van der Waals surface area contributed by atoms with Crippen molar-refractivity contribution in [3.05, 3.63) is 51.5 Å². The van der Waals surface area contributed by atoms with Gasteiger partial charge in [-0.1, -0.05) is 30.7 Å². The Kier molecular flexibility index (Phi) is 6.59. The molecule has 0 atom stereocenters. The fourth-order valence-corrected chi connectivity index (χ4v) is 5.34. The molecule has 0 spiro atoms. The monoisotopic (exact) mass is 383 g/mol. The van der Waals surface area contributed by atoms with E-state index in [0.29, 0.717) is 0 Å². The van der Waals surface area contributed by atoms with E-state index in [1.54, 1.807) is 11.3 Å². The molecule has 3 nitrogen and oxygen atoms in total. The zero-order chi connectivity index (χ0) is 18.5. The van der Waals surface area contributed by atoms with Gasteiger partial charge in [-0.05, 0) is 82.3 Å². The topological polar surface area (TPSA) is 19.4 Å². The molecule has 0 N–H and O–H groups in total. The van der Waals surface area contributed by atoms with Crippen LogP contribution in [0.5, 0.6) is 0 Å². The molecule has 1 aromatic carbocycles. The summed E-state index contributed by atoms with van der Waals surface area (Å²) in [6.45, 7) is 9.38. The van der Waals surface area contributed by atoms with E-state index in [4.69, 9.17) is 0 Å². The van der Waals surface area contributed by atoms with E-state index in [-0.39, 0.29) is 0 Å². The van der Waals surface area contributed by atoms with Gasteiger partial charge >= 0.3 is 0 Å². The Morgan fingerprint density at radius 3 is 2.22 bits per heavy atom. The van der Waals surface area contributed by atoms with Gasteiger partial charge in [0.25, 0.3) is 0 Å². The Hall–Kier alpha value is -1.23. The minimum Gasteiger partial charge on any atom is -0.299 e. The molecule has 2 fully saturated rings. The highest BCUT2D eigenvalue weighted by Gasteiger charge is 2.20. The minimum atomic E-state index is 0.844. The van der Waals surface area contributed by atoms with Gasteiger partial charge in [0.2, 0.25) is 0 Å². The molecule has 146 valence electrons. The average molecular weight is 384 g/mol. The van der Waals surface area contributed by atoms with Crippen LogP contribution in [0.25, 0.3) is 0 Å². The lowest BCUT2D eigenvalue weighted by Crippen LogP contribution is -2.33. The number of piperidine rings is 2. The maximum atomic E-state index is 4.39. The normalized spacial score (nSPS) is 20.2. The van der Waals surface area contributed by atoms with Crippen molar-refractivity contribution in [2.45, 2.75) is 58.5 Å². The highest BCUT2D eigenvalue weighted by Crippen LogP contribution is 2.25. The fraction of sp³-hybridized carbons (Fsp3) is 0.609. The van der Waals surface area contributed by atoms with Gasteiger partial charge in [0.15, 0.2) is 0 Å². The molecular formula is C23H33N3S. The molecule has 27 heavy (non-hydrogen) atoms. The van der Waals surface area contributed by atoms with Gasteiger partial charge in [0.05, 0.1) is 11.2 Å². The Labute approximate surface area is 168 Å². The Balaban J connectivity index is 1.22. The van der Waals surface area contributed by atoms with Crippen LogP contribution in [0.2, 0.25) is 0 Å². The lowest BCUT2D eigenvalue weighted by atomic mass is 9.90. The van der Waals surface area contributed by atoms with E-state index in [1.807, 2.05) is 5.51 Å². The summed E-state index contributed by atoms with van der Waals surface area (Å²) in [5.74, 6) is 0.844. The third-order valence-electron chi connectivity index (χ3n) is 6.32. The second-order valence-electron chi connectivity index (χ2n) is 8.44. The van der Waals surface area contributed by atoms with Crippen LogP contribution in [0.1, 0.15) is 53.8 Å². The number of thiazole rings is 1. The molecule has 0 saturated carbocycles. The van der Waals surface area contributed by atoms with Crippen LogP contribution < -0.4 is 0 Å². The first kappa shape index (κ1) is 19.1. The second-order valence-corrected chi connectivity index (χ2v) is 9.38. The van der Waals surface area contributed by atoms with Crippen molar-refractivity contribution in [3.8, 4) is 0 Å². The first-order chi connectivity index (χ1) is 13.3. The standard InChI is InChI=1S/C23H33N3S/c1-19-23(27-18-24-19)17-26-13-9-21(10-14-26)15-20-5-7-22(8-6-20)16-25-11-3-2-4-12-25/h5-8,18,21H,2-4,9-17H2,1H3. The van der Waals surface area contributed by atoms with Crippen molar-refractivity contribution in [3.63, 3.8) is 0 Å². The van der Waals surface area contributed by atoms with Crippen molar-refractivity contribution in [1.29, 1.82) is 0 Å². The molecule has 1 aromatic heterocycles. The quantitative estimate of drug-likeness (QED) is 0.708. The summed E-state index contributed by atoms with van der Waals surface area (Å²) >= 11 is 1.80. The molecule has 4 rings (SSSR count). The molecule has 0 bridgehead atoms. The van der Waals surface area contributed by atoms with Crippen molar-refractivity contribution < 1.29 is 0 Å². The summed E-state index contributed by atoms with van der Waals surface area (Å²) in [5.41, 5.74) is 6.20. The van der Waals surface area contributed by atoms with Crippen LogP contribution in [-0.4, -0.2) is 41.0 Å². The van der Waals surface area contributed by atoms with E-state index in [1.165, 1.54) is 86.4 Å². The molecule has 3 heterocycles. The summed E-state index contributed by atoms with van der Waals surface area (Å²) in [5, 5.41) is 0. The first-order valence-corrected chi connectivity index (χ1v) is 11.6. The van der Waals surface area contributed by atoms with Gasteiger partial charge < -0.3 is 0 Å². The van der Waals surface area contributed by atoms with Crippen LogP contribution in [-0.2, 0) is 19.5 Å². The van der Waals surface area contributed by atoms with Gasteiger partial charge in [-0.25, -0.2) is 4.98 Å². The molecule has 0 aliphatic carbocycles. The van der Waals surface area contributed by atoms with E-state index < -0.39 is 0 Å². The number of benzene rings is 1. The number of hydrogen-bond acceptors (Lipinski definition) is 4. The number of likely N-dealkylation sites (tertiary alicyclic amines) is 2. The first-order valence-electron chi connectivity index (χ1n) is 10.7. The summed E-state index contributed by atoms with van der Waals surface area (Å²) in [6.07, 6.45) is 8.06. The Morgan fingerprint density at radius 2 is 1.56 bits per heavy atom. The van der Waals surface area contributed by atoms with Gasteiger partial charge in [-0.15, -0.1) is 11.3 Å². The van der Waals surface area contributed by atoms with E-state index >= 15 is 0 Å². The van der Waals surface area contributed by atoms with Crippen LogP contribution >= 0.6 is 11.3 Å². The van der Waals surface area contributed by atoms with Gasteiger partial charge in [0.1, 0.15) is 0 Å². The predicted octanol–water partition coefficient (Wildman–Crippen LogP) is 4.89. The smallest absolute Gasteiger partial charge is 0.0798 e. The van der Waals surface area contributed by atoms with Gasteiger partial charge in [-0.2, -0.15) is 0 Å². The van der Waals surface area contributed by atoms with Crippen LogP contribution in [0, 0.1) is 12.8 Å². The minimum absolute atomic E-state index is 0.844. The Morgan fingerprint density at radius 1 is 0.889 bits per heavy atom. The zero-order valence-corrected chi connectivity index (χ0v) is 17.5. The Bertz CT molecular complexity index is 695. The number of aryl methyl sites for hydroxylation is 1. The van der Waals surface area contributed by atoms with E-state index in [9.17, 15) is 0 Å². The molecular weight excluding hydrogens is 350 g/mol. The van der Waals surface area contributed by atoms with E-state index in [0.717, 1.165) is 19.0 Å². The molecule has 4 heteroatoms. The third-order valence-corrected chi connectivity index (χ3v) is 7.24. The number of rotatable bonds is 6. The predicted molar refractivity (Wildman–Crippen MR) is 114 cm³/mol. The largest absolute Gasteiger partial charge is 0.299 e. The molecule has 2 aliphatic rings. The van der Waals surface area contributed by atoms with Crippen molar-refractivity contribution >= 4 is 11.3 Å². The molecule has 2 aromatic rings. The maximum Gasteiger partial charge on any atom is 0.0798 e. The summed E-state index contributed by atoms with van der Waals surface area (Å²) < 4.78 is 0. The molecule has 2 saturated heterocycles. The van der Waals surface area contributed by atoms with Crippen molar-refractivity contribution in [2.75, 3.05) is 26.2 Å². The lowest BCUT2D eigenvalue weighted by Gasteiger charge is -2.31. The summed E-state index contributed by atoms with van der Waals surface area (Å²) in [7, 11) is 0. The lowest BCUT2D eigenvalue weighted by molar-refractivity contribution is 0.178. The average Bonchev–Trinajstić information content (AvgIpc) is 3.10. The number of nitrogens with zero attached hydrogens (tertiary/aromatic N) is 3. The van der Waals surface area contributed by atoms with Crippen molar-refractivity contribution in [2.24, 2.45) is 5.92 Å². The highest BCUT2D eigenvalue weighted by atomic mass is 32.1. The van der Waals surface area contributed by atoms with Crippen molar-refractivity contribution in [1.82, 2.24) is 14.8 Å². The highest BCUT2D eigenvalue weighted by molar-refractivity contribution is 7.09. The van der Waals surface area contributed by atoms with E-state index in [2.05, 4.69) is 46.0 Å². The molecule has 0 radical (unpaired) electrons. The summed E-state index contributed by atoms with van der Waals surface area (Å²) in [6, 6.07) is 9.50. The van der Waals surface area contributed by atoms with Crippen LogP contribution in [0.15, 0.2) is 29.8 Å². The second kappa shape index (κ2) is 9.31. The zero-order valence-electron chi connectivity index (χ0n) is 16.7. The number of hydrogen-bond donors (Lipinski definition) is 0. The van der Waals surface area contributed by atoms with Crippen LogP contribution in [0.3, 0.4) is 0 Å². The summed E-state index contributed by atoms with van der Waals surface area (Å²) in [4.78, 5) is 11.0. The molecule has 2 aliphatic heterocycles. The SMILES string of the molecule is Cc1ncsc1CN1CCC(Cc2ccc(CN3CCCCC3)cc2)CC1. The fourth-order valence-electron chi connectivity index (χ4n) is 4.52.